The fourth-order valence-electron chi connectivity index (χ4n) is 1.80. The summed E-state index contributed by atoms with van der Waals surface area (Å²) in [4.78, 5) is 4.39. The number of aromatic nitrogens is 2. The Kier molecular flexibility index (Phi) is 6.36. The molecular formula is C14H27N3O. The first kappa shape index (κ1) is 15.2. The van der Waals surface area contributed by atoms with E-state index in [1.807, 2.05) is 6.33 Å². The molecule has 4 nitrogen and oxygen atoms in total. The van der Waals surface area contributed by atoms with Crippen LogP contribution in [0.15, 0.2) is 12.5 Å². The number of nitrogens with zero attached hydrogens (tertiary/aromatic N) is 2. The Morgan fingerprint density at radius 2 is 2.17 bits per heavy atom. The lowest BCUT2D eigenvalue weighted by molar-refractivity contribution is 0.199. The highest BCUT2D eigenvalue weighted by Gasteiger charge is 2.09. The van der Waals surface area contributed by atoms with Gasteiger partial charge in [0.2, 0.25) is 0 Å². The van der Waals surface area contributed by atoms with Gasteiger partial charge in [0.15, 0.2) is 0 Å². The van der Waals surface area contributed by atoms with Crippen molar-refractivity contribution in [2.75, 3.05) is 20.3 Å². The molecule has 1 aromatic heterocycles. The highest BCUT2D eigenvalue weighted by molar-refractivity contribution is 4.96. The van der Waals surface area contributed by atoms with E-state index in [1.165, 1.54) is 12.8 Å². The van der Waals surface area contributed by atoms with Crippen LogP contribution in [0.1, 0.15) is 39.3 Å². The topological polar surface area (TPSA) is 39.1 Å². The smallest absolute Gasteiger partial charge is 0.0949 e. The van der Waals surface area contributed by atoms with Crippen LogP contribution in [0.3, 0.4) is 0 Å². The zero-order chi connectivity index (χ0) is 13.4. The van der Waals surface area contributed by atoms with Gasteiger partial charge >= 0.3 is 0 Å². The van der Waals surface area contributed by atoms with Crippen LogP contribution in [-0.4, -0.2) is 29.8 Å². The predicted molar refractivity (Wildman–Crippen MR) is 74.5 cm³/mol. The van der Waals surface area contributed by atoms with Gasteiger partial charge in [0, 0.05) is 32.9 Å². The number of hydrogen-bond donors (Lipinski definition) is 1. The van der Waals surface area contributed by atoms with Crippen molar-refractivity contribution in [1.82, 2.24) is 14.9 Å². The molecule has 0 aliphatic rings. The largest absolute Gasteiger partial charge is 0.383 e. The molecule has 18 heavy (non-hydrogen) atoms. The number of methoxy groups -OCH3 is 1. The van der Waals surface area contributed by atoms with E-state index in [4.69, 9.17) is 4.74 Å². The molecule has 0 atom stereocenters. The second kappa shape index (κ2) is 7.54. The Morgan fingerprint density at radius 1 is 1.39 bits per heavy atom. The van der Waals surface area contributed by atoms with Crippen LogP contribution in [0, 0.1) is 5.41 Å². The van der Waals surface area contributed by atoms with Gasteiger partial charge in [-0.15, -0.1) is 0 Å². The molecule has 0 aliphatic carbocycles. The number of nitrogens with one attached hydrogen (secondary N) is 1. The van der Waals surface area contributed by atoms with Gasteiger partial charge in [0.1, 0.15) is 0 Å². The molecule has 0 aromatic carbocycles. The van der Waals surface area contributed by atoms with Crippen LogP contribution in [0.25, 0.3) is 0 Å². The summed E-state index contributed by atoms with van der Waals surface area (Å²) in [7, 11) is 1.71. The molecule has 1 rings (SSSR count). The number of rotatable bonds is 8. The number of aryl methyl sites for hydroxylation is 1. The summed E-state index contributed by atoms with van der Waals surface area (Å²) >= 11 is 0. The van der Waals surface area contributed by atoms with Crippen molar-refractivity contribution in [3.8, 4) is 0 Å². The van der Waals surface area contributed by atoms with Gasteiger partial charge in [-0.1, -0.05) is 20.8 Å². The molecule has 0 radical (unpaired) electrons. The molecule has 1 aromatic rings. The lowest BCUT2D eigenvalue weighted by Gasteiger charge is -2.17. The molecule has 0 spiro atoms. The monoisotopic (exact) mass is 253 g/mol. The Labute approximate surface area is 111 Å². The summed E-state index contributed by atoms with van der Waals surface area (Å²) in [5.74, 6) is 0. The van der Waals surface area contributed by atoms with Crippen LogP contribution in [0.2, 0.25) is 0 Å². The van der Waals surface area contributed by atoms with Crippen LogP contribution < -0.4 is 5.32 Å². The summed E-state index contributed by atoms with van der Waals surface area (Å²) in [6.07, 6.45) is 6.50. The second-order valence-electron chi connectivity index (χ2n) is 5.94. The summed E-state index contributed by atoms with van der Waals surface area (Å²) in [5, 5.41) is 3.30. The first-order valence-electron chi connectivity index (χ1n) is 6.71. The Hall–Kier alpha value is -0.870. The maximum atomic E-state index is 4.98. The van der Waals surface area contributed by atoms with Gasteiger partial charge in [-0.05, 0) is 18.3 Å². The van der Waals surface area contributed by atoms with Crippen molar-refractivity contribution in [2.24, 2.45) is 5.41 Å². The van der Waals surface area contributed by atoms with Gasteiger partial charge < -0.3 is 14.6 Å². The number of hydrogen-bond acceptors (Lipinski definition) is 3. The SMILES string of the molecule is COCCNCc1cn(CCCC(C)(C)C)cn1. The van der Waals surface area contributed by atoms with Crippen molar-refractivity contribution in [1.29, 1.82) is 0 Å². The maximum Gasteiger partial charge on any atom is 0.0949 e. The van der Waals surface area contributed by atoms with E-state index >= 15 is 0 Å². The molecule has 0 bridgehead atoms. The average molecular weight is 253 g/mol. The van der Waals surface area contributed by atoms with E-state index in [0.717, 1.165) is 31.9 Å². The van der Waals surface area contributed by atoms with Crippen LogP contribution in [-0.2, 0) is 17.8 Å². The van der Waals surface area contributed by atoms with Crippen molar-refractivity contribution in [3.63, 3.8) is 0 Å². The van der Waals surface area contributed by atoms with Gasteiger partial charge in [-0.25, -0.2) is 4.98 Å². The van der Waals surface area contributed by atoms with Gasteiger partial charge in [0.25, 0.3) is 0 Å². The molecule has 0 saturated heterocycles. The third kappa shape index (κ3) is 6.77. The summed E-state index contributed by atoms with van der Waals surface area (Å²) < 4.78 is 7.16. The zero-order valence-corrected chi connectivity index (χ0v) is 12.2. The molecule has 0 saturated carbocycles. The highest BCUT2D eigenvalue weighted by atomic mass is 16.5. The van der Waals surface area contributed by atoms with E-state index in [-0.39, 0.29) is 0 Å². The number of ether oxygens (including phenoxy) is 1. The average Bonchev–Trinajstić information content (AvgIpc) is 2.71. The van der Waals surface area contributed by atoms with E-state index < -0.39 is 0 Å². The molecular weight excluding hydrogens is 226 g/mol. The van der Waals surface area contributed by atoms with Gasteiger partial charge in [0.05, 0.1) is 18.6 Å². The van der Waals surface area contributed by atoms with Crippen molar-refractivity contribution < 1.29 is 4.74 Å². The maximum absolute atomic E-state index is 4.98. The van der Waals surface area contributed by atoms with Crippen LogP contribution >= 0.6 is 0 Å². The molecule has 0 fully saturated rings. The quantitative estimate of drug-likeness (QED) is 0.723. The van der Waals surface area contributed by atoms with Gasteiger partial charge in [-0.3, -0.25) is 0 Å². The molecule has 104 valence electrons. The normalized spacial score (nSPS) is 12.0. The van der Waals surface area contributed by atoms with E-state index in [9.17, 15) is 0 Å². The van der Waals surface area contributed by atoms with Crippen molar-refractivity contribution in [2.45, 2.75) is 46.7 Å². The Morgan fingerprint density at radius 3 is 2.83 bits per heavy atom. The summed E-state index contributed by atoms with van der Waals surface area (Å²) in [6, 6.07) is 0. The third-order valence-corrected chi connectivity index (χ3v) is 2.82. The molecule has 1 N–H and O–H groups in total. The summed E-state index contributed by atoms with van der Waals surface area (Å²) in [6.45, 7) is 10.3. The lowest BCUT2D eigenvalue weighted by Crippen LogP contribution is -2.18. The van der Waals surface area contributed by atoms with Crippen molar-refractivity contribution >= 4 is 0 Å². The molecule has 4 heteroatoms. The molecule has 1 heterocycles. The van der Waals surface area contributed by atoms with E-state index in [0.29, 0.717) is 5.41 Å². The fraction of sp³-hybridized carbons (Fsp3) is 0.786. The summed E-state index contributed by atoms with van der Waals surface area (Å²) in [5.41, 5.74) is 1.52. The second-order valence-corrected chi connectivity index (χ2v) is 5.94. The minimum atomic E-state index is 0.422. The van der Waals surface area contributed by atoms with E-state index in [1.54, 1.807) is 7.11 Å². The third-order valence-electron chi connectivity index (χ3n) is 2.82. The Bertz CT molecular complexity index is 328. The highest BCUT2D eigenvalue weighted by Crippen LogP contribution is 2.20. The van der Waals surface area contributed by atoms with Crippen LogP contribution in [0.4, 0.5) is 0 Å². The fourth-order valence-corrected chi connectivity index (χ4v) is 1.80. The minimum absolute atomic E-state index is 0.422. The van der Waals surface area contributed by atoms with Crippen molar-refractivity contribution in [3.05, 3.63) is 18.2 Å². The molecule has 0 unspecified atom stereocenters. The zero-order valence-electron chi connectivity index (χ0n) is 12.2. The number of imidazole rings is 1. The Balaban J connectivity index is 2.21. The minimum Gasteiger partial charge on any atom is -0.383 e. The lowest BCUT2D eigenvalue weighted by atomic mass is 9.91. The predicted octanol–water partition coefficient (Wildman–Crippen LogP) is 2.45. The van der Waals surface area contributed by atoms with Gasteiger partial charge in [-0.2, -0.15) is 0 Å². The molecule has 0 aliphatic heterocycles. The van der Waals surface area contributed by atoms with Crippen LogP contribution in [0.5, 0.6) is 0 Å². The van der Waals surface area contributed by atoms with E-state index in [2.05, 4.69) is 41.8 Å². The first-order chi connectivity index (χ1) is 8.51. The standard InChI is InChI=1S/C14H27N3O/c1-14(2,3)6-5-8-17-11-13(16-12-17)10-15-7-9-18-4/h11-12,15H,5-10H2,1-4H3. The molecule has 0 amide bonds. The first-order valence-corrected chi connectivity index (χ1v) is 6.71.